The molecule has 30 heavy (non-hydrogen) atoms. The van der Waals surface area contributed by atoms with Crippen LogP contribution in [0.15, 0.2) is 44.3 Å². The number of anilines is 1. The molecule has 2 aliphatic heterocycles. The molecule has 0 spiro atoms. The standard InChI is InChI=1S/C18H16N4O6S2/c23-16(12-3-1-7-22(12)30(24,25)15-4-2-8-29-15)19-18-21-20-17(28-18)11-5-6-13-14(9-11)27-10-26-13/h2,4-6,8-9,12H,1,3,7,10H2,(H,19,21,23). The third kappa shape index (κ3) is 3.32. The van der Waals surface area contributed by atoms with Crippen LogP contribution in [0.4, 0.5) is 6.01 Å². The Hall–Kier alpha value is -2.96. The lowest BCUT2D eigenvalue weighted by Crippen LogP contribution is -2.42. The quantitative estimate of drug-likeness (QED) is 0.631. The summed E-state index contributed by atoms with van der Waals surface area (Å²) in [6.45, 7) is 0.431. The molecule has 2 aromatic heterocycles. The number of carbonyl (C=O) groups excluding carboxylic acids is 1. The van der Waals surface area contributed by atoms with Crippen molar-refractivity contribution in [2.45, 2.75) is 23.1 Å². The van der Waals surface area contributed by atoms with E-state index in [1.165, 1.54) is 10.4 Å². The van der Waals surface area contributed by atoms with Crippen molar-refractivity contribution in [2.75, 3.05) is 18.7 Å². The monoisotopic (exact) mass is 448 g/mol. The van der Waals surface area contributed by atoms with Gasteiger partial charge in [-0.25, -0.2) is 8.42 Å². The maximum absolute atomic E-state index is 12.8. The Kier molecular flexibility index (Phi) is 4.68. The highest BCUT2D eigenvalue weighted by Crippen LogP contribution is 2.36. The van der Waals surface area contributed by atoms with Gasteiger partial charge in [-0.3, -0.25) is 10.1 Å². The fourth-order valence-corrected chi connectivity index (χ4v) is 6.20. The number of thiophene rings is 1. The Morgan fingerprint density at radius 3 is 2.90 bits per heavy atom. The van der Waals surface area contributed by atoms with Gasteiger partial charge in [-0.1, -0.05) is 11.2 Å². The van der Waals surface area contributed by atoms with E-state index < -0.39 is 22.0 Å². The van der Waals surface area contributed by atoms with Gasteiger partial charge in [0.1, 0.15) is 10.3 Å². The second kappa shape index (κ2) is 7.38. The summed E-state index contributed by atoms with van der Waals surface area (Å²) in [6, 6.07) is 7.42. The van der Waals surface area contributed by atoms with Crippen LogP contribution >= 0.6 is 11.3 Å². The summed E-state index contributed by atoms with van der Waals surface area (Å²) in [5, 5.41) is 12.0. The maximum atomic E-state index is 12.8. The van der Waals surface area contributed by atoms with Crippen LogP contribution in [-0.4, -0.2) is 48.2 Å². The van der Waals surface area contributed by atoms with Crippen molar-refractivity contribution in [3.63, 3.8) is 0 Å². The normalized spacial score (nSPS) is 18.6. The first-order chi connectivity index (χ1) is 14.5. The number of benzene rings is 1. The number of amides is 1. The third-order valence-electron chi connectivity index (χ3n) is 4.84. The fraction of sp³-hybridized carbons (Fsp3) is 0.278. The zero-order chi connectivity index (χ0) is 20.7. The summed E-state index contributed by atoms with van der Waals surface area (Å²) in [6.07, 6.45) is 1.01. The molecule has 0 aliphatic carbocycles. The molecule has 1 atom stereocenters. The minimum absolute atomic E-state index is 0.104. The molecule has 5 rings (SSSR count). The second-order valence-electron chi connectivity index (χ2n) is 6.68. The number of hydrogen-bond acceptors (Lipinski definition) is 9. The number of nitrogens with one attached hydrogen (secondary N) is 1. The number of aromatic nitrogens is 2. The molecule has 156 valence electrons. The van der Waals surface area contributed by atoms with Gasteiger partial charge in [0, 0.05) is 12.1 Å². The van der Waals surface area contributed by atoms with Crippen LogP contribution in [0.2, 0.25) is 0 Å². The Labute approximate surface area is 175 Å². The van der Waals surface area contributed by atoms with E-state index in [1.54, 1.807) is 29.6 Å². The molecule has 0 saturated carbocycles. The van der Waals surface area contributed by atoms with Crippen molar-refractivity contribution >= 4 is 33.3 Å². The van der Waals surface area contributed by atoms with Gasteiger partial charge in [-0.05, 0) is 42.5 Å². The first-order valence-electron chi connectivity index (χ1n) is 9.12. The van der Waals surface area contributed by atoms with Crippen LogP contribution in [0, 0.1) is 0 Å². The molecular formula is C18H16N4O6S2. The van der Waals surface area contributed by atoms with Crippen molar-refractivity contribution in [3.05, 3.63) is 35.7 Å². The van der Waals surface area contributed by atoms with E-state index in [9.17, 15) is 13.2 Å². The topological polar surface area (TPSA) is 124 Å². The number of sulfonamides is 1. The first kappa shape index (κ1) is 19.0. The summed E-state index contributed by atoms with van der Waals surface area (Å²) >= 11 is 1.12. The number of hydrogen-bond donors (Lipinski definition) is 1. The van der Waals surface area contributed by atoms with Gasteiger partial charge >= 0.3 is 6.01 Å². The zero-order valence-electron chi connectivity index (χ0n) is 15.5. The van der Waals surface area contributed by atoms with Crippen LogP contribution < -0.4 is 14.8 Å². The fourth-order valence-electron chi connectivity index (χ4n) is 3.42. The van der Waals surface area contributed by atoms with Gasteiger partial charge in [0.25, 0.3) is 10.0 Å². The zero-order valence-corrected chi connectivity index (χ0v) is 17.1. The highest BCUT2D eigenvalue weighted by molar-refractivity contribution is 7.91. The van der Waals surface area contributed by atoms with Crippen molar-refractivity contribution in [1.29, 1.82) is 0 Å². The number of ether oxygens (including phenoxy) is 2. The molecule has 3 aromatic rings. The van der Waals surface area contributed by atoms with Crippen LogP contribution in [0.1, 0.15) is 12.8 Å². The highest BCUT2D eigenvalue weighted by atomic mass is 32.2. The van der Waals surface area contributed by atoms with Crippen LogP contribution in [-0.2, 0) is 14.8 Å². The number of carbonyl (C=O) groups is 1. The summed E-state index contributed by atoms with van der Waals surface area (Å²) in [5.41, 5.74) is 0.606. The van der Waals surface area contributed by atoms with Gasteiger partial charge in [-0.15, -0.1) is 16.4 Å². The first-order valence-corrected chi connectivity index (χ1v) is 11.4. The van der Waals surface area contributed by atoms with E-state index in [4.69, 9.17) is 13.9 Å². The predicted molar refractivity (Wildman–Crippen MR) is 106 cm³/mol. The van der Waals surface area contributed by atoms with E-state index in [2.05, 4.69) is 15.5 Å². The van der Waals surface area contributed by atoms with E-state index in [0.717, 1.165) is 11.3 Å². The summed E-state index contributed by atoms with van der Waals surface area (Å²) in [4.78, 5) is 12.8. The molecule has 1 N–H and O–H groups in total. The SMILES string of the molecule is O=C(Nc1nnc(-c2ccc3c(c2)OCO3)o1)C1CCCN1S(=O)(=O)c1cccs1. The Morgan fingerprint density at radius 2 is 2.07 bits per heavy atom. The second-order valence-corrected chi connectivity index (χ2v) is 9.74. The Morgan fingerprint density at radius 1 is 1.20 bits per heavy atom. The van der Waals surface area contributed by atoms with Gasteiger partial charge in [-0.2, -0.15) is 4.31 Å². The maximum Gasteiger partial charge on any atom is 0.322 e. The third-order valence-corrected chi connectivity index (χ3v) is 8.12. The molecule has 0 bridgehead atoms. The van der Waals surface area contributed by atoms with E-state index in [-0.39, 0.29) is 29.5 Å². The smallest absolute Gasteiger partial charge is 0.322 e. The summed E-state index contributed by atoms with van der Waals surface area (Å²) in [7, 11) is -3.73. The molecule has 1 aromatic carbocycles. The lowest BCUT2D eigenvalue weighted by molar-refractivity contribution is -0.119. The molecule has 4 heterocycles. The molecule has 1 fully saturated rings. The average Bonchev–Trinajstić information content (AvgIpc) is 3.54. The van der Waals surface area contributed by atoms with Crippen molar-refractivity contribution in [2.24, 2.45) is 0 Å². The lowest BCUT2D eigenvalue weighted by Gasteiger charge is -2.21. The van der Waals surface area contributed by atoms with Crippen LogP contribution in [0.3, 0.4) is 0 Å². The number of fused-ring (bicyclic) bond motifs is 1. The molecule has 1 amide bonds. The van der Waals surface area contributed by atoms with E-state index in [1.807, 2.05) is 0 Å². The number of rotatable bonds is 5. The Balaban J connectivity index is 1.32. The van der Waals surface area contributed by atoms with Crippen molar-refractivity contribution in [1.82, 2.24) is 14.5 Å². The van der Waals surface area contributed by atoms with Crippen molar-refractivity contribution in [3.8, 4) is 23.0 Å². The van der Waals surface area contributed by atoms with E-state index >= 15 is 0 Å². The molecule has 12 heteroatoms. The van der Waals surface area contributed by atoms with E-state index in [0.29, 0.717) is 29.9 Å². The minimum Gasteiger partial charge on any atom is -0.454 e. The average molecular weight is 448 g/mol. The van der Waals surface area contributed by atoms with Crippen LogP contribution in [0.5, 0.6) is 11.5 Å². The minimum atomic E-state index is -3.73. The van der Waals surface area contributed by atoms with Gasteiger partial charge in [0.2, 0.25) is 18.6 Å². The summed E-state index contributed by atoms with van der Waals surface area (Å²) in [5.74, 6) is 0.878. The molecule has 1 saturated heterocycles. The summed E-state index contributed by atoms with van der Waals surface area (Å²) < 4.78 is 43.2. The molecular weight excluding hydrogens is 432 g/mol. The van der Waals surface area contributed by atoms with Gasteiger partial charge in [0.15, 0.2) is 11.5 Å². The van der Waals surface area contributed by atoms with Gasteiger partial charge < -0.3 is 13.9 Å². The predicted octanol–water partition coefficient (Wildman–Crippen LogP) is 2.32. The largest absolute Gasteiger partial charge is 0.454 e. The Bertz CT molecular complexity index is 1190. The molecule has 2 aliphatic rings. The highest BCUT2D eigenvalue weighted by Gasteiger charge is 2.40. The van der Waals surface area contributed by atoms with Gasteiger partial charge in [0.05, 0.1) is 0 Å². The molecule has 1 unspecified atom stereocenters. The molecule has 10 nitrogen and oxygen atoms in total. The van der Waals surface area contributed by atoms with Crippen LogP contribution in [0.25, 0.3) is 11.5 Å². The number of nitrogens with zero attached hydrogens (tertiary/aromatic N) is 3. The lowest BCUT2D eigenvalue weighted by atomic mass is 10.2. The van der Waals surface area contributed by atoms with Crippen molar-refractivity contribution < 1.29 is 27.1 Å². The molecule has 0 radical (unpaired) electrons.